The molecule has 1 unspecified atom stereocenters. The number of benzene rings is 1. The Bertz CT molecular complexity index is 429. The molecule has 0 radical (unpaired) electrons. The van der Waals surface area contributed by atoms with Crippen molar-refractivity contribution < 1.29 is 4.39 Å². The fraction of sp³-hybridized carbons (Fsp3) is 0.600. The molecule has 100 valence electrons. The van der Waals surface area contributed by atoms with Crippen molar-refractivity contribution in [1.82, 2.24) is 4.90 Å². The lowest BCUT2D eigenvalue weighted by Crippen LogP contribution is -2.33. The smallest absolute Gasteiger partial charge is 0.126 e. The van der Waals surface area contributed by atoms with Crippen LogP contribution in [0.4, 0.5) is 4.39 Å². The van der Waals surface area contributed by atoms with Crippen molar-refractivity contribution in [1.29, 1.82) is 0 Å². The second-order valence-electron chi connectivity index (χ2n) is 6.14. The van der Waals surface area contributed by atoms with E-state index in [0.717, 1.165) is 18.7 Å². The van der Waals surface area contributed by atoms with Gasteiger partial charge in [0.25, 0.3) is 0 Å². The topological polar surface area (TPSA) is 29.3 Å². The highest BCUT2D eigenvalue weighted by atomic mass is 19.1. The lowest BCUT2D eigenvalue weighted by atomic mass is 9.93. The summed E-state index contributed by atoms with van der Waals surface area (Å²) < 4.78 is 13.3. The molecule has 1 aliphatic heterocycles. The van der Waals surface area contributed by atoms with Crippen molar-refractivity contribution in [2.24, 2.45) is 11.1 Å². The number of rotatable bonds is 3. The molecule has 0 aromatic heterocycles. The molecule has 1 fully saturated rings. The molecule has 18 heavy (non-hydrogen) atoms. The molecule has 0 bridgehead atoms. The summed E-state index contributed by atoms with van der Waals surface area (Å²) in [5.41, 5.74) is 8.12. The first-order chi connectivity index (χ1) is 8.43. The van der Waals surface area contributed by atoms with Gasteiger partial charge in [-0.1, -0.05) is 26.0 Å². The largest absolute Gasteiger partial charge is 0.329 e. The maximum Gasteiger partial charge on any atom is 0.126 e. The van der Waals surface area contributed by atoms with Crippen molar-refractivity contribution in [2.75, 3.05) is 19.6 Å². The van der Waals surface area contributed by atoms with Crippen molar-refractivity contribution in [3.63, 3.8) is 0 Å². The van der Waals surface area contributed by atoms with E-state index in [1.807, 2.05) is 12.1 Å². The lowest BCUT2D eigenvalue weighted by Gasteiger charge is -2.28. The highest BCUT2D eigenvalue weighted by Gasteiger charge is 2.33. The van der Waals surface area contributed by atoms with Gasteiger partial charge in [-0.05, 0) is 42.5 Å². The fourth-order valence-corrected chi connectivity index (χ4v) is 2.79. The predicted octanol–water partition coefficient (Wildman–Crippen LogP) is 2.87. The Morgan fingerprint density at radius 1 is 1.44 bits per heavy atom. The Morgan fingerprint density at radius 2 is 2.17 bits per heavy atom. The predicted molar refractivity (Wildman–Crippen MR) is 72.9 cm³/mol. The Kier molecular flexibility index (Phi) is 3.74. The molecule has 1 atom stereocenters. The highest BCUT2D eigenvalue weighted by molar-refractivity contribution is 5.27. The van der Waals surface area contributed by atoms with Gasteiger partial charge in [-0.3, -0.25) is 4.90 Å². The molecule has 3 heteroatoms. The number of nitrogens with zero attached hydrogens (tertiary/aromatic N) is 1. The van der Waals surface area contributed by atoms with Crippen LogP contribution in [0.15, 0.2) is 18.2 Å². The normalized spacial score (nSPS) is 21.2. The summed E-state index contributed by atoms with van der Waals surface area (Å²) in [4.78, 5) is 2.42. The van der Waals surface area contributed by atoms with E-state index in [-0.39, 0.29) is 11.9 Å². The van der Waals surface area contributed by atoms with Gasteiger partial charge in [0.2, 0.25) is 0 Å². The molecule has 0 spiro atoms. The molecule has 0 amide bonds. The van der Waals surface area contributed by atoms with Crippen molar-refractivity contribution >= 4 is 0 Å². The zero-order valence-electron chi connectivity index (χ0n) is 11.5. The first-order valence-corrected chi connectivity index (χ1v) is 6.63. The van der Waals surface area contributed by atoms with Gasteiger partial charge in [0.15, 0.2) is 0 Å². The lowest BCUT2D eigenvalue weighted by molar-refractivity contribution is 0.223. The average molecular weight is 250 g/mol. The second kappa shape index (κ2) is 4.98. The van der Waals surface area contributed by atoms with Crippen LogP contribution in [0.5, 0.6) is 0 Å². The monoisotopic (exact) mass is 250 g/mol. The standard InChI is InChI=1S/C15H23FN2/c1-11-8-12(4-5-13(11)16)14(9-17)18-7-6-15(2,3)10-18/h4-5,8,14H,6-7,9-10,17H2,1-3H3. The minimum Gasteiger partial charge on any atom is -0.329 e. The van der Waals surface area contributed by atoms with Crippen LogP contribution in [0.1, 0.15) is 37.4 Å². The molecule has 1 heterocycles. The van der Waals surface area contributed by atoms with Crippen LogP contribution in [0, 0.1) is 18.2 Å². The van der Waals surface area contributed by atoms with E-state index >= 15 is 0 Å². The number of aryl methyl sites for hydroxylation is 1. The summed E-state index contributed by atoms with van der Waals surface area (Å²) in [5.74, 6) is -0.142. The van der Waals surface area contributed by atoms with Crippen LogP contribution in [-0.2, 0) is 0 Å². The molecule has 2 nitrogen and oxygen atoms in total. The van der Waals surface area contributed by atoms with Gasteiger partial charge in [-0.2, -0.15) is 0 Å². The van der Waals surface area contributed by atoms with Crippen LogP contribution in [0.2, 0.25) is 0 Å². The zero-order valence-corrected chi connectivity index (χ0v) is 11.5. The van der Waals surface area contributed by atoms with Gasteiger partial charge in [0.05, 0.1) is 0 Å². The summed E-state index contributed by atoms with van der Waals surface area (Å²) in [6, 6.07) is 5.56. The maximum atomic E-state index is 13.3. The van der Waals surface area contributed by atoms with E-state index in [9.17, 15) is 4.39 Å². The quantitative estimate of drug-likeness (QED) is 0.893. The SMILES string of the molecule is Cc1cc(C(CN)N2CCC(C)(C)C2)ccc1F. The van der Waals surface area contributed by atoms with Crippen LogP contribution in [-0.4, -0.2) is 24.5 Å². The molecule has 1 saturated heterocycles. The van der Waals surface area contributed by atoms with E-state index in [0.29, 0.717) is 17.5 Å². The molecule has 1 aliphatic rings. The van der Waals surface area contributed by atoms with Crippen LogP contribution in [0.3, 0.4) is 0 Å². The van der Waals surface area contributed by atoms with Crippen LogP contribution < -0.4 is 5.73 Å². The second-order valence-corrected chi connectivity index (χ2v) is 6.14. The van der Waals surface area contributed by atoms with Gasteiger partial charge in [-0.15, -0.1) is 0 Å². The van der Waals surface area contributed by atoms with E-state index in [2.05, 4.69) is 18.7 Å². The molecule has 0 saturated carbocycles. The highest BCUT2D eigenvalue weighted by Crippen LogP contribution is 2.34. The van der Waals surface area contributed by atoms with E-state index in [1.165, 1.54) is 6.42 Å². The molecule has 1 aromatic carbocycles. The third-order valence-electron chi connectivity index (χ3n) is 3.94. The molecule has 2 N–H and O–H groups in total. The average Bonchev–Trinajstić information content (AvgIpc) is 2.65. The number of halogens is 1. The first kappa shape index (κ1) is 13.5. The Balaban J connectivity index is 2.21. The Hall–Kier alpha value is -0.930. The van der Waals surface area contributed by atoms with Crippen molar-refractivity contribution in [2.45, 2.75) is 33.2 Å². The number of hydrogen-bond acceptors (Lipinski definition) is 2. The van der Waals surface area contributed by atoms with E-state index in [4.69, 9.17) is 5.73 Å². The first-order valence-electron chi connectivity index (χ1n) is 6.63. The fourth-order valence-electron chi connectivity index (χ4n) is 2.79. The van der Waals surface area contributed by atoms with Gasteiger partial charge >= 0.3 is 0 Å². The van der Waals surface area contributed by atoms with Gasteiger partial charge < -0.3 is 5.73 Å². The molecular formula is C15H23FN2. The summed E-state index contributed by atoms with van der Waals surface area (Å²) in [7, 11) is 0. The van der Waals surface area contributed by atoms with Crippen molar-refractivity contribution in [3.05, 3.63) is 35.1 Å². The van der Waals surface area contributed by atoms with E-state index in [1.54, 1.807) is 13.0 Å². The molecule has 2 rings (SSSR count). The Morgan fingerprint density at radius 3 is 2.67 bits per heavy atom. The third-order valence-corrected chi connectivity index (χ3v) is 3.94. The molecular weight excluding hydrogens is 227 g/mol. The number of hydrogen-bond donors (Lipinski definition) is 1. The van der Waals surface area contributed by atoms with Gasteiger partial charge in [0.1, 0.15) is 5.82 Å². The Labute approximate surface area is 109 Å². The van der Waals surface area contributed by atoms with Crippen LogP contribution in [0.25, 0.3) is 0 Å². The summed E-state index contributed by atoms with van der Waals surface area (Å²) >= 11 is 0. The van der Waals surface area contributed by atoms with Gasteiger partial charge in [0, 0.05) is 19.1 Å². The molecule has 0 aliphatic carbocycles. The zero-order chi connectivity index (χ0) is 13.3. The summed E-state index contributed by atoms with van der Waals surface area (Å²) in [6.07, 6.45) is 1.20. The number of nitrogens with two attached hydrogens (primary N) is 1. The van der Waals surface area contributed by atoms with Gasteiger partial charge in [-0.25, -0.2) is 4.39 Å². The van der Waals surface area contributed by atoms with Crippen molar-refractivity contribution in [3.8, 4) is 0 Å². The minimum absolute atomic E-state index is 0.142. The summed E-state index contributed by atoms with van der Waals surface area (Å²) in [6.45, 7) is 9.10. The number of likely N-dealkylation sites (tertiary alicyclic amines) is 1. The third kappa shape index (κ3) is 2.73. The van der Waals surface area contributed by atoms with Crippen LogP contribution >= 0.6 is 0 Å². The maximum absolute atomic E-state index is 13.3. The van der Waals surface area contributed by atoms with E-state index < -0.39 is 0 Å². The molecule has 1 aromatic rings. The summed E-state index contributed by atoms with van der Waals surface area (Å²) in [5, 5.41) is 0. The minimum atomic E-state index is -0.142.